The molecule has 0 aliphatic carbocycles. The normalized spacial score (nSPS) is 12.6. The van der Waals surface area contributed by atoms with Gasteiger partial charge >= 0.3 is 0 Å². The van der Waals surface area contributed by atoms with Crippen LogP contribution in [-0.4, -0.2) is 23.9 Å². The lowest BCUT2D eigenvalue weighted by atomic mass is 10.0. The predicted octanol–water partition coefficient (Wildman–Crippen LogP) is 1.35. The summed E-state index contributed by atoms with van der Waals surface area (Å²) in [6.07, 6.45) is -0.947. The number of aliphatic hydroxyl groups excluding tert-OH is 1. The Hall–Kier alpha value is -0.970. The Labute approximate surface area is 93.2 Å². The molecule has 0 saturated heterocycles. The summed E-state index contributed by atoms with van der Waals surface area (Å²) >= 11 is 5.93. The fourth-order valence-corrected chi connectivity index (χ4v) is 1.56. The maximum atomic E-state index is 9.80. The van der Waals surface area contributed by atoms with Gasteiger partial charge in [0, 0.05) is 22.7 Å². The van der Waals surface area contributed by atoms with Gasteiger partial charge in [0.2, 0.25) is 0 Å². The van der Waals surface area contributed by atoms with Crippen molar-refractivity contribution >= 4 is 11.6 Å². The summed E-state index contributed by atoms with van der Waals surface area (Å²) in [6, 6.07) is 1.49. The zero-order valence-corrected chi connectivity index (χ0v) is 9.38. The Morgan fingerprint density at radius 1 is 1.60 bits per heavy atom. The van der Waals surface area contributed by atoms with Crippen LogP contribution in [0.3, 0.4) is 0 Å². The van der Waals surface area contributed by atoms with Crippen molar-refractivity contribution in [2.45, 2.75) is 13.0 Å². The first-order chi connectivity index (χ1) is 7.02. The van der Waals surface area contributed by atoms with Gasteiger partial charge in [0.1, 0.15) is 0 Å². The summed E-state index contributed by atoms with van der Waals surface area (Å²) in [6.45, 7) is 1.73. The van der Waals surface area contributed by atoms with Gasteiger partial charge in [0.25, 0.3) is 0 Å². The molecule has 0 heterocycles. The molecule has 1 atom stereocenters. The Morgan fingerprint density at radius 3 is 2.67 bits per heavy atom. The van der Waals surface area contributed by atoms with E-state index in [1.807, 2.05) is 0 Å². The first kappa shape index (κ1) is 12.1. The fraction of sp³-hybridized carbons (Fsp3) is 0.400. The van der Waals surface area contributed by atoms with Crippen LogP contribution in [0.1, 0.15) is 17.2 Å². The van der Waals surface area contributed by atoms with E-state index in [9.17, 15) is 10.2 Å². The van der Waals surface area contributed by atoms with Crippen LogP contribution in [0.4, 0.5) is 0 Å². The molecule has 0 saturated carbocycles. The summed E-state index contributed by atoms with van der Waals surface area (Å²) < 4.78 is 5.01. The fourth-order valence-electron chi connectivity index (χ4n) is 1.36. The van der Waals surface area contributed by atoms with E-state index in [2.05, 4.69) is 0 Å². The summed E-state index contributed by atoms with van der Waals surface area (Å²) in [7, 11) is 1.43. The third-order valence-electron chi connectivity index (χ3n) is 2.26. The third kappa shape index (κ3) is 2.17. The molecule has 84 valence electrons. The summed E-state index contributed by atoms with van der Waals surface area (Å²) in [4.78, 5) is 0. The zero-order chi connectivity index (χ0) is 11.6. The molecule has 0 bridgehead atoms. The number of hydrogen-bond acceptors (Lipinski definition) is 4. The molecule has 4 N–H and O–H groups in total. The molecular weight excluding hydrogens is 218 g/mol. The molecule has 0 amide bonds. The molecular formula is C10H14ClNO3. The summed E-state index contributed by atoms with van der Waals surface area (Å²) in [5, 5.41) is 19.8. The van der Waals surface area contributed by atoms with Gasteiger partial charge in [-0.15, -0.1) is 0 Å². The highest BCUT2D eigenvalue weighted by Gasteiger charge is 2.18. The minimum Gasteiger partial charge on any atom is -0.504 e. The minimum absolute atomic E-state index is 0.0100. The van der Waals surface area contributed by atoms with Gasteiger partial charge in [0.05, 0.1) is 13.2 Å². The lowest BCUT2D eigenvalue weighted by Gasteiger charge is -2.16. The second-order valence-corrected chi connectivity index (χ2v) is 3.61. The van der Waals surface area contributed by atoms with Crippen LogP contribution in [0.2, 0.25) is 5.02 Å². The number of halogens is 1. The molecule has 1 aromatic carbocycles. The lowest BCUT2D eigenvalue weighted by Crippen LogP contribution is -2.12. The lowest BCUT2D eigenvalue weighted by molar-refractivity contribution is 0.181. The van der Waals surface area contributed by atoms with Crippen molar-refractivity contribution in [2.24, 2.45) is 5.73 Å². The third-order valence-corrected chi connectivity index (χ3v) is 2.65. The Kier molecular flexibility index (Phi) is 3.79. The molecule has 15 heavy (non-hydrogen) atoms. The number of phenolic OH excluding ortho intramolecular Hbond substituents is 1. The molecule has 0 aliphatic rings. The molecule has 5 heteroatoms. The number of methoxy groups -OCH3 is 1. The van der Waals surface area contributed by atoms with Crippen LogP contribution in [0, 0.1) is 6.92 Å². The van der Waals surface area contributed by atoms with Crippen molar-refractivity contribution < 1.29 is 14.9 Å². The molecule has 1 unspecified atom stereocenters. The van der Waals surface area contributed by atoms with Crippen molar-refractivity contribution in [1.29, 1.82) is 0 Å². The van der Waals surface area contributed by atoms with Gasteiger partial charge in [-0.2, -0.15) is 0 Å². The zero-order valence-electron chi connectivity index (χ0n) is 8.62. The highest BCUT2D eigenvalue weighted by Crippen LogP contribution is 2.40. The molecule has 0 aromatic heterocycles. The first-order valence-electron chi connectivity index (χ1n) is 4.47. The van der Waals surface area contributed by atoms with Gasteiger partial charge in [-0.25, -0.2) is 0 Å². The van der Waals surface area contributed by atoms with E-state index in [0.29, 0.717) is 10.6 Å². The summed E-state index contributed by atoms with van der Waals surface area (Å²) in [5.74, 6) is 0.155. The van der Waals surface area contributed by atoms with Crippen LogP contribution in [-0.2, 0) is 0 Å². The van der Waals surface area contributed by atoms with Crippen LogP contribution in [0.25, 0.3) is 0 Å². The number of rotatable bonds is 3. The molecule has 1 aromatic rings. The second-order valence-electron chi connectivity index (χ2n) is 3.21. The van der Waals surface area contributed by atoms with Crippen molar-refractivity contribution in [3.63, 3.8) is 0 Å². The number of ether oxygens (including phenoxy) is 1. The van der Waals surface area contributed by atoms with E-state index in [0.717, 1.165) is 0 Å². The van der Waals surface area contributed by atoms with Crippen molar-refractivity contribution in [3.05, 3.63) is 22.2 Å². The summed E-state index contributed by atoms with van der Waals surface area (Å²) in [5.41, 5.74) is 6.22. The van der Waals surface area contributed by atoms with Crippen LogP contribution in [0.5, 0.6) is 11.5 Å². The maximum Gasteiger partial charge on any atom is 0.165 e. The number of aromatic hydroxyl groups is 1. The second kappa shape index (κ2) is 4.70. The molecule has 4 nitrogen and oxygen atoms in total. The smallest absolute Gasteiger partial charge is 0.165 e. The highest BCUT2D eigenvalue weighted by atomic mass is 35.5. The topological polar surface area (TPSA) is 75.7 Å². The van der Waals surface area contributed by atoms with Gasteiger partial charge in [0.15, 0.2) is 11.5 Å². The van der Waals surface area contributed by atoms with E-state index in [1.165, 1.54) is 13.2 Å². The number of nitrogens with two attached hydrogens (primary N) is 1. The van der Waals surface area contributed by atoms with Crippen molar-refractivity contribution in [3.8, 4) is 11.5 Å². The minimum atomic E-state index is -0.947. The van der Waals surface area contributed by atoms with Crippen LogP contribution in [0.15, 0.2) is 6.07 Å². The highest BCUT2D eigenvalue weighted by molar-refractivity contribution is 6.31. The van der Waals surface area contributed by atoms with E-state index >= 15 is 0 Å². The number of phenols is 1. The number of benzene rings is 1. The van der Waals surface area contributed by atoms with Gasteiger partial charge < -0.3 is 20.7 Å². The Balaban J connectivity index is 3.36. The Morgan fingerprint density at radius 2 is 2.20 bits per heavy atom. The monoisotopic (exact) mass is 231 g/mol. The van der Waals surface area contributed by atoms with Gasteiger partial charge in [-0.3, -0.25) is 0 Å². The SMILES string of the molecule is COc1c(C)c(Cl)cc(C(O)CN)c1O. The molecule has 0 radical (unpaired) electrons. The average Bonchev–Trinajstić information content (AvgIpc) is 2.23. The standard InChI is InChI=1S/C10H14ClNO3/c1-5-7(11)3-6(8(13)4-12)9(14)10(5)15-2/h3,8,13-14H,4,12H2,1-2H3. The molecule has 0 fully saturated rings. The number of hydrogen-bond donors (Lipinski definition) is 3. The largest absolute Gasteiger partial charge is 0.504 e. The molecule has 1 rings (SSSR count). The predicted molar refractivity (Wildman–Crippen MR) is 58.4 cm³/mol. The van der Waals surface area contributed by atoms with Gasteiger partial charge in [-0.05, 0) is 13.0 Å². The van der Waals surface area contributed by atoms with E-state index in [-0.39, 0.29) is 23.6 Å². The number of aliphatic hydroxyl groups is 1. The van der Waals surface area contributed by atoms with Gasteiger partial charge in [-0.1, -0.05) is 11.6 Å². The van der Waals surface area contributed by atoms with E-state index < -0.39 is 6.10 Å². The van der Waals surface area contributed by atoms with E-state index in [4.69, 9.17) is 22.1 Å². The van der Waals surface area contributed by atoms with Crippen LogP contribution < -0.4 is 10.5 Å². The quantitative estimate of drug-likeness (QED) is 0.734. The van der Waals surface area contributed by atoms with Crippen molar-refractivity contribution in [1.82, 2.24) is 0 Å². The molecule has 0 spiro atoms. The molecule has 0 aliphatic heterocycles. The van der Waals surface area contributed by atoms with Crippen molar-refractivity contribution in [2.75, 3.05) is 13.7 Å². The van der Waals surface area contributed by atoms with Crippen LogP contribution >= 0.6 is 11.6 Å². The average molecular weight is 232 g/mol. The Bertz CT molecular complexity index is 368. The van der Waals surface area contributed by atoms with E-state index in [1.54, 1.807) is 6.92 Å². The first-order valence-corrected chi connectivity index (χ1v) is 4.84. The maximum absolute atomic E-state index is 9.80.